The quantitative estimate of drug-likeness (QED) is 0.763. The van der Waals surface area contributed by atoms with Crippen LogP contribution in [-0.4, -0.2) is 11.1 Å². The van der Waals surface area contributed by atoms with Crippen molar-refractivity contribution >= 4 is 27.9 Å². The van der Waals surface area contributed by atoms with E-state index >= 15 is 0 Å². The first kappa shape index (κ1) is 11.8. The summed E-state index contributed by atoms with van der Waals surface area (Å²) in [5.74, 6) is -1.24. The molecule has 1 unspecified atom stereocenters. The van der Waals surface area contributed by atoms with Gasteiger partial charge in [0.1, 0.15) is 11.2 Å². The van der Waals surface area contributed by atoms with Crippen LogP contribution in [0.1, 0.15) is 24.8 Å². The number of carboxylic acids is 1. The van der Waals surface area contributed by atoms with Crippen molar-refractivity contribution in [3.63, 3.8) is 0 Å². The SMILES string of the molecule is CCC(C(=O)O)c1ccc2oc3ccccc3c2c1. The number of aliphatic carboxylic acids is 1. The van der Waals surface area contributed by atoms with Gasteiger partial charge in [0.25, 0.3) is 0 Å². The summed E-state index contributed by atoms with van der Waals surface area (Å²) in [4.78, 5) is 11.2. The van der Waals surface area contributed by atoms with E-state index < -0.39 is 11.9 Å². The fraction of sp³-hybridized carbons (Fsp3) is 0.188. The van der Waals surface area contributed by atoms with E-state index in [1.165, 1.54) is 0 Å². The summed E-state index contributed by atoms with van der Waals surface area (Å²) < 4.78 is 5.73. The van der Waals surface area contributed by atoms with Gasteiger partial charge in [0.05, 0.1) is 5.92 Å². The molecule has 1 N–H and O–H groups in total. The highest BCUT2D eigenvalue weighted by Crippen LogP contribution is 2.31. The maximum atomic E-state index is 11.2. The van der Waals surface area contributed by atoms with Crippen molar-refractivity contribution in [1.29, 1.82) is 0 Å². The maximum Gasteiger partial charge on any atom is 0.310 e. The Morgan fingerprint density at radius 2 is 1.89 bits per heavy atom. The third-order valence-corrected chi connectivity index (χ3v) is 3.51. The number of furan rings is 1. The van der Waals surface area contributed by atoms with Crippen molar-refractivity contribution in [2.24, 2.45) is 0 Å². The van der Waals surface area contributed by atoms with Crippen LogP contribution in [0.5, 0.6) is 0 Å². The van der Waals surface area contributed by atoms with Crippen molar-refractivity contribution in [2.45, 2.75) is 19.3 Å². The van der Waals surface area contributed by atoms with E-state index in [1.54, 1.807) is 0 Å². The molecule has 3 aromatic rings. The monoisotopic (exact) mass is 254 g/mol. The lowest BCUT2D eigenvalue weighted by Crippen LogP contribution is -2.10. The third-order valence-electron chi connectivity index (χ3n) is 3.51. The van der Waals surface area contributed by atoms with Gasteiger partial charge in [0.15, 0.2) is 0 Å². The van der Waals surface area contributed by atoms with Crippen LogP contribution in [0.25, 0.3) is 21.9 Å². The van der Waals surface area contributed by atoms with Crippen LogP contribution >= 0.6 is 0 Å². The predicted molar refractivity (Wildman–Crippen MR) is 74.4 cm³/mol. The molecule has 0 saturated carbocycles. The molecule has 1 aromatic heterocycles. The van der Waals surface area contributed by atoms with E-state index in [0.717, 1.165) is 27.5 Å². The zero-order valence-electron chi connectivity index (χ0n) is 10.6. The van der Waals surface area contributed by atoms with Gasteiger partial charge in [0.2, 0.25) is 0 Å². The van der Waals surface area contributed by atoms with Crippen molar-refractivity contribution in [2.75, 3.05) is 0 Å². The summed E-state index contributed by atoms with van der Waals surface area (Å²) >= 11 is 0. The van der Waals surface area contributed by atoms with Crippen molar-refractivity contribution in [3.05, 3.63) is 48.0 Å². The Morgan fingerprint density at radius 3 is 2.63 bits per heavy atom. The zero-order valence-corrected chi connectivity index (χ0v) is 10.6. The second kappa shape index (κ2) is 4.43. The average Bonchev–Trinajstić information content (AvgIpc) is 2.77. The standard InChI is InChI=1S/C16H14O3/c1-2-11(16(17)18)10-7-8-15-13(9-10)12-5-3-4-6-14(12)19-15/h3-9,11H,2H2,1H3,(H,17,18). The molecule has 0 aliphatic carbocycles. The maximum absolute atomic E-state index is 11.2. The van der Waals surface area contributed by atoms with E-state index in [4.69, 9.17) is 4.42 Å². The number of fused-ring (bicyclic) bond motifs is 3. The van der Waals surface area contributed by atoms with Crippen LogP contribution in [0.3, 0.4) is 0 Å². The van der Waals surface area contributed by atoms with Crippen molar-refractivity contribution in [3.8, 4) is 0 Å². The Balaban J connectivity index is 2.24. The van der Waals surface area contributed by atoms with E-state index in [1.807, 2.05) is 49.4 Å². The van der Waals surface area contributed by atoms with E-state index in [9.17, 15) is 9.90 Å². The fourth-order valence-electron chi connectivity index (χ4n) is 2.51. The lowest BCUT2D eigenvalue weighted by atomic mass is 9.95. The summed E-state index contributed by atoms with van der Waals surface area (Å²) in [7, 11) is 0. The molecule has 2 aromatic carbocycles. The first-order valence-corrected chi connectivity index (χ1v) is 6.34. The second-order valence-corrected chi connectivity index (χ2v) is 4.65. The van der Waals surface area contributed by atoms with Crippen LogP contribution < -0.4 is 0 Å². The molecule has 0 radical (unpaired) electrons. The van der Waals surface area contributed by atoms with Crippen molar-refractivity contribution < 1.29 is 14.3 Å². The number of hydrogen-bond acceptors (Lipinski definition) is 2. The van der Waals surface area contributed by atoms with Crippen LogP contribution in [0.4, 0.5) is 0 Å². The molecule has 0 aliphatic rings. The average molecular weight is 254 g/mol. The lowest BCUT2D eigenvalue weighted by molar-refractivity contribution is -0.138. The van der Waals surface area contributed by atoms with Crippen LogP contribution in [-0.2, 0) is 4.79 Å². The Hall–Kier alpha value is -2.29. The molecule has 0 aliphatic heterocycles. The fourth-order valence-corrected chi connectivity index (χ4v) is 2.51. The molecular formula is C16H14O3. The van der Waals surface area contributed by atoms with Crippen LogP contribution in [0, 0.1) is 0 Å². The summed E-state index contributed by atoms with van der Waals surface area (Å²) in [6, 6.07) is 13.4. The number of para-hydroxylation sites is 1. The van der Waals surface area contributed by atoms with Crippen molar-refractivity contribution in [1.82, 2.24) is 0 Å². The summed E-state index contributed by atoms with van der Waals surface area (Å²) in [5, 5.41) is 11.2. The van der Waals surface area contributed by atoms with Gasteiger partial charge in [-0.1, -0.05) is 31.2 Å². The Kier molecular flexibility index (Phi) is 2.75. The summed E-state index contributed by atoms with van der Waals surface area (Å²) in [6.07, 6.45) is 0.580. The number of benzene rings is 2. The van der Waals surface area contributed by atoms with Gasteiger partial charge in [-0.25, -0.2) is 0 Å². The first-order valence-electron chi connectivity index (χ1n) is 6.34. The van der Waals surface area contributed by atoms with Crippen LogP contribution in [0.2, 0.25) is 0 Å². The number of rotatable bonds is 3. The molecule has 96 valence electrons. The summed E-state index contributed by atoms with van der Waals surface area (Å²) in [5.41, 5.74) is 2.46. The van der Waals surface area contributed by atoms with E-state index in [0.29, 0.717) is 6.42 Å². The molecule has 19 heavy (non-hydrogen) atoms. The predicted octanol–water partition coefficient (Wildman–Crippen LogP) is 4.16. The summed E-state index contributed by atoms with van der Waals surface area (Å²) in [6.45, 7) is 1.89. The van der Waals surface area contributed by atoms with Gasteiger partial charge in [-0.3, -0.25) is 4.79 Å². The largest absolute Gasteiger partial charge is 0.481 e. The number of hydrogen-bond donors (Lipinski definition) is 1. The minimum atomic E-state index is -0.783. The molecule has 1 atom stereocenters. The molecule has 0 fully saturated rings. The normalized spacial score (nSPS) is 12.9. The smallest absolute Gasteiger partial charge is 0.310 e. The first-order chi connectivity index (χ1) is 9.20. The van der Waals surface area contributed by atoms with Gasteiger partial charge >= 0.3 is 5.97 Å². The topological polar surface area (TPSA) is 50.4 Å². The van der Waals surface area contributed by atoms with Gasteiger partial charge < -0.3 is 9.52 Å². The molecule has 3 nitrogen and oxygen atoms in total. The molecular weight excluding hydrogens is 240 g/mol. The van der Waals surface area contributed by atoms with E-state index in [2.05, 4.69) is 0 Å². The highest BCUT2D eigenvalue weighted by atomic mass is 16.4. The molecule has 3 heteroatoms. The third kappa shape index (κ3) is 1.87. The van der Waals surface area contributed by atoms with Gasteiger partial charge in [-0.15, -0.1) is 0 Å². The molecule has 0 saturated heterocycles. The Bertz CT molecular complexity index is 755. The minimum absolute atomic E-state index is 0.460. The lowest BCUT2D eigenvalue weighted by Gasteiger charge is -2.09. The number of carboxylic acid groups (broad SMARTS) is 1. The van der Waals surface area contributed by atoms with Gasteiger partial charge in [-0.2, -0.15) is 0 Å². The molecule has 0 amide bonds. The molecule has 3 rings (SSSR count). The molecule has 0 spiro atoms. The van der Waals surface area contributed by atoms with E-state index in [-0.39, 0.29) is 0 Å². The highest BCUT2D eigenvalue weighted by molar-refractivity contribution is 6.05. The zero-order chi connectivity index (χ0) is 13.4. The molecule has 0 bridgehead atoms. The van der Waals surface area contributed by atoms with Gasteiger partial charge in [-0.05, 0) is 30.2 Å². The van der Waals surface area contributed by atoms with Crippen LogP contribution in [0.15, 0.2) is 46.9 Å². The number of carbonyl (C=O) groups is 1. The molecule has 1 heterocycles. The minimum Gasteiger partial charge on any atom is -0.481 e. The highest BCUT2D eigenvalue weighted by Gasteiger charge is 2.18. The Labute approximate surface area is 110 Å². The van der Waals surface area contributed by atoms with Gasteiger partial charge in [0, 0.05) is 10.8 Å². The Morgan fingerprint density at radius 1 is 1.16 bits per heavy atom. The second-order valence-electron chi connectivity index (χ2n) is 4.65.